The number of hydrogen-bond donors (Lipinski definition) is 1. The van der Waals surface area contributed by atoms with Gasteiger partial charge < -0.3 is 5.32 Å². The highest BCUT2D eigenvalue weighted by Gasteiger charge is 2.21. The quantitative estimate of drug-likeness (QED) is 0.780. The largest absolute Gasteiger partial charge is 0.349 e. The normalized spacial score (nSPS) is 16.2. The van der Waals surface area contributed by atoms with Gasteiger partial charge in [-0.2, -0.15) is 0 Å². The first-order valence-corrected chi connectivity index (χ1v) is 9.56. The maximum atomic E-state index is 12.5. The zero-order chi connectivity index (χ0) is 17.1. The second-order valence-electron chi connectivity index (χ2n) is 6.54. The zero-order valence-corrected chi connectivity index (χ0v) is 14.8. The lowest BCUT2D eigenvalue weighted by Gasteiger charge is -2.32. The Labute approximate surface area is 151 Å². The molecule has 5 heteroatoms. The van der Waals surface area contributed by atoms with Gasteiger partial charge in [0.05, 0.1) is 15.7 Å². The molecule has 4 rings (SSSR count). The van der Waals surface area contributed by atoms with E-state index >= 15 is 0 Å². The molecule has 128 valence electrons. The lowest BCUT2D eigenvalue weighted by atomic mass is 10.0. The van der Waals surface area contributed by atoms with Crippen LogP contribution >= 0.6 is 11.3 Å². The molecule has 0 spiro atoms. The second-order valence-corrected chi connectivity index (χ2v) is 7.43. The summed E-state index contributed by atoms with van der Waals surface area (Å²) in [6.07, 6.45) is 2.00. The van der Waals surface area contributed by atoms with Crippen molar-refractivity contribution in [3.63, 3.8) is 0 Å². The van der Waals surface area contributed by atoms with E-state index in [1.165, 1.54) is 5.56 Å². The Hall–Kier alpha value is -2.24. The molecule has 2 heterocycles. The van der Waals surface area contributed by atoms with E-state index in [0.717, 1.165) is 48.3 Å². The number of piperidine rings is 1. The summed E-state index contributed by atoms with van der Waals surface area (Å²) in [7, 11) is 0. The van der Waals surface area contributed by atoms with Gasteiger partial charge in [-0.25, -0.2) is 4.98 Å². The first-order chi connectivity index (χ1) is 12.3. The van der Waals surface area contributed by atoms with Crippen molar-refractivity contribution in [2.75, 3.05) is 13.1 Å². The van der Waals surface area contributed by atoms with Gasteiger partial charge >= 0.3 is 0 Å². The average molecular weight is 351 g/mol. The molecule has 0 unspecified atom stereocenters. The highest BCUT2D eigenvalue weighted by molar-refractivity contribution is 7.16. The van der Waals surface area contributed by atoms with Gasteiger partial charge in [0.2, 0.25) is 0 Å². The van der Waals surface area contributed by atoms with Gasteiger partial charge in [-0.15, -0.1) is 11.3 Å². The van der Waals surface area contributed by atoms with Gasteiger partial charge in [-0.1, -0.05) is 30.3 Å². The maximum Gasteiger partial charge on any atom is 0.251 e. The summed E-state index contributed by atoms with van der Waals surface area (Å²) in [6, 6.07) is 16.5. The van der Waals surface area contributed by atoms with Crippen molar-refractivity contribution < 1.29 is 4.79 Å². The van der Waals surface area contributed by atoms with Crippen LogP contribution in [0.2, 0.25) is 0 Å². The molecule has 25 heavy (non-hydrogen) atoms. The predicted molar refractivity (Wildman–Crippen MR) is 102 cm³/mol. The second kappa shape index (κ2) is 7.33. The number of aromatic nitrogens is 1. The first kappa shape index (κ1) is 16.2. The number of nitrogens with zero attached hydrogens (tertiary/aromatic N) is 2. The Balaban J connectivity index is 1.31. The van der Waals surface area contributed by atoms with E-state index < -0.39 is 0 Å². The van der Waals surface area contributed by atoms with Gasteiger partial charge in [0.25, 0.3) is 5.91 Å². The molecule has 2 aromatic carbocycles. The molecule has 1 aromatic heterocycles. The Kier molecular flexibility index (Phi) is 4.76. The van der Waals surface area contributed by atoms with Gasteiger partial charge in [-0.05, 0) is 36.6 Å². The molecule has 0 bridgehead atoms. The highest BCUT2D eigenvalue weighted by atomic mass is 32.1. The minimum absolute atomic E-state index is 0.0248. The molecule has 1 amide bonds. The summed E-state index contributed by atoms with van der Waals surface area (Å²) in [6.45, 7) is 3.03. The summed E-state index contributed by atoms with van der Waals surface area (Å²) in [5, 5.41) is 3.20. The molecule has 1 saturated heterocycles. The van der Waals surface area contributed by atoms with Crippen molar-refractivity contribution >= 4 is 27.5 Å². The van der Waals surface area contributed by atoms with E-state index in [-0.39, 0.29) is 11.9 Å². The monoisotopic (exact) mass is 351 g/mol. The van der Waals surface area contributed by atoms with Crippen LogP contribution in [0.4, 0.5) is 0 Å². The van der Waals surface area contributed by atoms with Crippen molar-refractivity contribution in [3.05, 3.63) is 65.2 Å². The summed E-state index contributed by atoms with van der Waals surface area (Å²) >= 11 is 1.57. The molecule has 0 atom stereocenters. The molecular weight excluding hydrogens is 330 g/mol. The van der Waals surface area contributed by atoms with Crippen molar-refractivity contribution in [1.29, 1.82) is 0 Å². The summed E-state index contributed by atoms with van der Waals surface area (Å²) in [5.41, 5.74) is 4.84. The molecule has 0 saturated carbocycles. The molecule has 1 aliphatic rings. The van der Waals surface area contributed by atoms with Crippen LogP contribution in [0.3, 0.4) is 0 Å². The molecular formula is C20H21N3OS. The molecule has 4 nitrogen and oxygen atoms in total. The number of carbonyl (C=O) groups is 1. The molecule has 1 N–H and O–H groups in total. The van der Waals surface area contributed by atoms with Gasteiger partial charge in [0, 0.05) is 31.2 Å². The van der Waals surface area contributed by atoms with Gasteiger partial charge in [0.1, 0.15) is 0 Å². The Morgan fingerprint density at radius 2 is 1.96 bits per heavy atom. The third-order valence-corrected chi connectivity index (χ3v) is 5.56. The Morgan fingerprint density at radius 3 is 2.76 bits per heavy atom. The summed E-state index contributed by atoms with van der Waals surface area (Å²) in [5.74, 6) is 0.0248. The van der Waals surface area contributed by atoms with E-state index in [0.29, 0.717) is 0 Å². The van der Waals surface area contributed by atoms with Crippen LogP contribution in [0, 0.1) is 0 Å². The number of hydrogen-bond acceptors (Lipinski definition) is 4. The fourth-order valence-electron chi connectivity index (χ4n) is 3.34. The lowest BCUT2D eigenvalue weighted by Crippen LogP contribution is -2.44. The van der Waals surface area contributed by atoms with Gasteiger partial charge in [-0.3, -0.25) is 9.69 Å². The van der Waals surface area contributed by atoms with E-state index in [2.05, 4.69) is 45.5 Å². The number of benzene rings is 2. The molecule has 0 aliphatic carbocycles. The van der Waals surface area contributed by atoms with E-state index in [1.54, 1.807) is 11.3 Å². The number of thiazole rings is 1. The number of fused-ring (bicyclic) bond motifs is 1. The van der Waals surface area contributed by atoms with Crippen LogP contribution in [-0.2, 0) is 6.54 Å². The van der Waals surface area contributed by atoms with Crippen LogP contribution in [0.5, 0.6) is 0 Å². The Morgan fingerprint density at radius 1 is 1.16 bits per heavy atom. The first-order valence-electron chi connectivity index (χ1n) is 8.68. The average Bonchev–Trinajstić information content (AvgIpc) is 3.12. The highest BCUT2D eigenvalue weighted by Crippen LogP contribution is 2.20. The molecule has 3 aromatic rings. The van der Waals surface area contributed by atoms with Gasteiger partial charge in [0.15, 0.2) is 0 Å². The topological polar surface area (TPSA) is 45.2 Å². The van der Waals surface area contributed by atoms with Crippen LogP contribution < -0.4 is 5.32 Å². The van der Waals surface area contributed by atoms with E-state index in [9.17, 15) is 4.79 Å². The van der Waals surface area contributed by atoms with Crippen LogP contribution in [0.15, 0.2) is 54.0 Å². The van der Waals surface area contributed by atoms with Crippen molar-refractivity contribution in [2.45, 2.75) is 25.4 Å². The molecule has 1 fully saturated rings. The molecule has 0 radical (unpaired) electrons. The Bertz CT molecular complexity index is 854. The number of rotatable bonds is 4. The van der Waals surface area contributed by atoms with Crippen molar-refractivity contribution in [1.82, 2.24) is 15.2 Å². The van der Waals surface area contributed by atoms with Crippen LogP contribution in [0.1, 0.15) is 28.8 Å². The van der Waals surface area contributed by atoms with E-state index in [4.69, 9.17) is 0 Å². The summed E-state index contributed by atoms with van der Waals surface area (Å²) in [4.78, 5) is 19.2. The summed E-state index contributed by atoms with van der Waals surface area (Å²) < 4.78 is 1.06. The predicted octanol–water partition coefficient (Wildman–Crippen LogP) is 3.69. The number of amides is 1. The number of nitrogens with one attached hydrogen (secondary N) is 1. The molecule has 1 aliphatic heterocycles. The van der Waals surface area contributed by atoms with Crippen molar-refractivity contribution in [2.24, 2.45) is 0 Å². The van der Waals surface area contributed by atoms with Crippen molar-refractivity contribution in [3.8, 4) is 0 Å². The number of carbonyl (C=O) groups excluding carboxylic acids is 1. The van der Waals surface area contributed by atoms with E-state index in [1.807, 2.05) is 23.7 Å². The number of likely N-dealkylation sites (tertiary alicyclic amines) is 1. The van der Waals surface area contributed by atoms with Crippen LogP contribution in [-0.4, -0.2) is 34.9 Å². The minimum atomic E-state index is 0.0248. The van der Waals surface area contributed by atoms with Crippen LogP contribution in [0.25, 0.3) is 10.2 Å². The zero-order valence-electron chi connectivity index (χ0n) is 14.0. The fraction of sp³-hybridized carbons (Fsp3) is 0.300. The SMILES string of the molecule is O=C(NC1CCN(Cc2ccccc2)CC1)c1ccc2ncsc2c1. The third-order valence-electron chi connectivity index (χ3n) is 4.77. The lowest BCUT2D eigenvalue weighted by molar-refractivity contribution is 0.0909. The minimum Gasteiger partial charge on any atom is -0.349 e. The smallest absolute Gasteiger partial charge is 0.251 e. The standard InChI is InChI=1S/C20H21N3OS/c24-20(16-6-7-18-19(12-16)25-14-21-18)22-17-8-10-23(11-9-17)13-15-4-2-1-3-5-15/h1-7,12,14,17H,8-11,13H2,(H,22,24). The third kappa shape index (κ3) is 3.89. The fourth-order valence-corrected chi connectivity index (χ4v) is 4.06. The maximum absolute atomic E-state index is 12.5.